The highest BCUT2D eigenvalue weighted by Gasteiger charge is 2.13. The lowest BCUT2D eigenvalue weighted by Gasteiger charge is -2.12. The van der Waals surface area contributed by atoms with Crippen LogP contribution in [0.3, 0.4) is 0 Å². The van der Waals surface area contributed by atoms with Gasteiger partial charge < -0.3 is 19.5 Å². The van der Waals surface area contributed by atoms with Crippen LogP contribution in [0.1, 0.15) is 16.7 Å². The predicted molar refractivity (Wildman–Crippen MR) is 105 cm³/mol. The molecule has 1 aliphatic heterocycles. The quantitative estimate of drug-likeness (QED) is 0.629. The third kappa shape index (κ3) is 4.54. The summed E-state index contributed by atoms with van der Waals surface area (Å²) < 4.78 is 16.8. The average molecular weight is 382 g/mol. The standard InChI is InChI=1S/C22H20ClNO3/c23-19-8-5-16(6-9-19)14-25-20-4-2-1-3-18(20)13-24-12-17-7-10-21-22(11-17)27-15-26-21/h1-11,24H,12-15H2. The van der Waals surface area contributed by atoms with Crippen molar-refractivity contribution < 1.29 is 14.2 Å². The Kier molecular flexibility index (Phi) is 5.47. The molecule has 27 heavy (non-hydrogen) atoms. The number of para-hydroxylation sites is 1. The van der Waals surface area contributed by atoms with Gasteiger partial charge in [-0.3, -0.25) is 0 Å². The van der Waals surface area contributed by atoms with Crippen LogP contribution in [-0.4, -0.2) is 6.79 Å². The van der Waals surface area contributed by atoms with Gasteiger partial charge in [0.05, 0.1) is 0 Å². The summed E-state index contributed by atoms with van der Waals surface area (Å²) >= 11 is 5.93. The Bertz CT molecular complexity index is 912. The molecule has 1 aliphatic rings. The summed E-state index contributed by atoms with van der Waals surface area (Å²) in [7, 11) is 0. The third-order valence-electron chi connectivity index (χ3n) is 4.36. The van der Waals surface area contributed by atoms with E-state index in [4.69, 9.17) is 25.8 Å². The van der Waals surface area contributed by atoms with Crippen LogP contribution in [0.25, 0.3) is 0 Å². The zero-order chi connectivity index (χ0) is 18.5. The molecule has 0 spiro atoms. The molecule has 5 heteroatoms. The molecule has 1 heterocycles. The molecule has 0 saturated carbocycles. The van der Waals surface area contributed by atoms with Crippen molar-refractivity contribution in [1.82, 2.24) is 5.32 Å². The summed E-state index contributed by atoms with van der Waals surface area (Å²) in [6.45, 7) is 2.26. The van der Waals surface area contributed by atoms with Gasteiger partial charge in [-0.1, -0.05) is 48.0 Å². The van der Waals surface area contributed by atoms with Crippen molar-refractivity contribution >= 4 is 11.6 Å². The lowest BCUT2D eigenvalue weighted by Crippen LogP contribution is -2.13. The van der Waals surface area contributed by atoms with Crippen molar-refractivity contribution in [3.63, 3.8) is 0 Å². The fourth-order valence-corrected chi connectivity index (χ4v) is 3.05. The third-order valence-corrected chi connectivity index (χ3v) is 4.61. The number of nitrogens with one attached hydrogen (secondary N) is 1. The van der Waals surface area contributed by atoms with E-state index < -0.39 is 0 Å². The van der Waals surface area contributed by atoms with Gasteiger partial charge in [-0.2, -0.15) is 0 Å². The lowest BCUT2D eigenvalue weighted by atomic mass is 10.1. The molecular weight excluding hydrogens is 362 g/mol. The minimum absolute atomic E-state index is 0.296. The number of fused-ring (bicyclic) bond motifs is 1. The largest absolute Gasteiger partial charge is 0.489 e. The summed E-state index contributed by atoms with van der Waals surface area (Å²) in [5.41, 5.74) is 3.36. The molecule has 0 aromatic heterocycles. The summed E-state index contributed by atoms with van der Waals surface area (Å²) in [4.78, 5) is 0. The topological polar surface area (TPSA) is 39.7 Å². The van der Waals surface area contributed by atoms with E-state index in [1.54, 1.807) is 0 Å². The smallest absolute Gasteiger partial charge is 0.231 e. The van der Waals surface area contributed by atoms with Gasteiger partial charge in [-0.25, -0.2) is 0 Å². The van der Waals surface area contributed by atoms with Gasteiger partial charge in [-0.05, 0) is 41.5 Å². The first-order valence-corrected chi connectivity index (χ1v) is 9.20. The van der Waals surface area contributed by atoms with Gasteiger partial charge in [0.2, 0.25) is 6.79 Å². The van der Waals surface area contributed by atoms with E-state index in [0.29, 0.717) is 19.9 Å². The molecule has 0 radical (unpaired) electrons. The molecule has 3 aromatic rings. The van der Waals surface area contributed by atoms with E-state index in [1.807, 2.05) is 60.7 Å². The van der Waals surface area contributed by atoms with Crippen molar-refractivity contribution in [2.24, 2.45) is 0 Å². The number of ether oxygens (including phenoxy) is 3. The molecule has 0 bridgehead atoms. The first-order chi connectivity index (χ1) is 13.3. The van der Waals surface area contributed by atoms with Crippen LogP contribution < -0.4 is 19.5 Å². The Hall–Kier alpha value is -2.69. The first kappa shape index (κ1) is 17.7. The minimum Gasteiger partial charge on any atom is -0.489 e. The number of halogens is 1. The zero-order valence-corrected chi connectivity index (χ0v) is 15.5. The van der Waals surface area contributed by atoms with Gasteiger partial charge in [0, 0.05) is 23.7 Å². The minimum atomic E-state index is 0.296. The van der Waals surface area contributed by atoms with E-state index >= 15 is 0 Å². The van der Waals surface area contributed by atoms with Gasteiger partial charge >= 0.3 is 0 Å². The maximum Gasteiger partial charge on any atom is 0.231 e. The fourth-order valence-electron chi connectivity index (χ4n) is 2.92. The van der Waals surface area contributed by atoms with Crippen LogP contribution in [-0.2, 0) is 19.7 Å². The van der Waals surface area contributed by atoms with Crippen LogP contribution in [0.4, 0.5) is 0 Å². The Labute approximate surface area is 163 Å². The van der Waals surface area contributed by atoms with Crippen LogP contribution in [0, 0.1) is 0 Å². The van der Waals surface area contributed by atoms with Crippen molar-refractivity contribution in [1.29, 1.82) is 0 Å². The predicted octanol–water partition coefficient (Wildman–Crippen LogP) is 4.94. The molecule has 0 aliphatic carbocycles. The number of hydrogen-bond donors (Lipinski definition) is 1. The molecule has 1 N–H and O–H groups in total. The molecule has 0 amide bonds. The SMILES string of the molecule is Clc1ccc(COc2ccccc2CNCc2ccc3c(c2)OCO3)cc1. The molecular formula is C22H20ClNO3. The summed E-state index contributed by atoms with van der Waals surface area (Å²) in [6.07, 6.45) is 0. The molecule has 0 atom stereocenters. The zero-order valence-electron chi connectivity index (χ0n) is 14.8. The molecule has 4 nitrogen and oxygen atoms in total. The van der Waals surface area contributed by atoms with Crippen molar-refractivity contribution in [2.45, 2.75) is 19.7 Å². The number of benzene rings is 3. The number of rotatable bonds is 7. The maximum absolute atomic E-state index is 6.01. The van der Waals surface area contributed by atoms with Crippen LogP contribution >= 0.6 is 11.6 Å². The summed E-state index contributed by atoms with van der Waals surface area (Å²) in [5.74, 6) is 2.49. The Balaban J connectivity index is 1.34. The van der Waals surface area contributed by atoms with Gasteiger partial charge in [-0.15, -0.1) is 0 Å². The van der Waals surface area contributed by atoms with Crippen LogP contribution in [0.5, 0.6) is 17.2 Å². The molecule has 138 valence electrons. The molecule has 4 rings (SSSR count). The van der Waals surface area contributed by atoms with E-state index in [0.717, 1.165) is 45.5 Å². The van der Waals surface area contributed by atoms with E-state index in [1.165, 1.54) is 0 Å². The Morgan fingerprint density at radius 2 is 1.63 bits per heavy atom. The second kappa shape index (κ2) is 8.33. The maximum atomic E-state index is 6.01. The normalized spacial score (nSPS) is 12.2. The van der Waals surface area contributed by atoms with Gasteiger partial charge in [0.1, 0.15) is 12.4 Å². The lowest BCUT2D eigenvalue weighted by molar-refractivity contribution is 0.174. The summed E-state index contributed by atoms with van der Waals surface area (Å²) in [5, 5.41) is 4.19. The van der Waals surface area contributed by atoms with E-state index in [9.17, 15) is 0 Å². The van der Waals surface area contributed by atoms with E-state index in [-0.39, 0.29) is 0 Å². The van der Waals surface area contributed by atoms with E-state index in [2.05, 4.69) is 11.4 Å². The highest BCUT2D eigenvalue weighted by molar-refractivity contribution is 6.30. The second-order valence-electron chi connectivity index (χ2n) is 6.31. The average Bonchev–Trinajstić information content (AvgIpc) is 3.16. The molecule has 0 saturated heterocycles. The molecule has 0 fully saturated rings. The molecule has 3 aromatic carbocycles. The monoisotopic (exact) mass is 381 g/mol. The second-order valence-corrected chi connectivity index (χ2v) is 6.75. The van der Waals surface area contributed by atoms with Crippen LogP contribution in [0.2, 0.25) is 5.02 Å². The van der Waals surface area contributed by atoms with Crippen molar-refractivity contribution in [3.05, 3.63) is 88.4 Å². The highest BCUT2D eigenvalue weighted by atomic mass is 35.5. The van der Waals surface area contributed by atoms with Crippen molar-refractivity contribution in [3.8, 4) is 17.2 Å². The first-order valence-electron chi connectivity index (χ1n) is 8.82. The Morgan fingerprint density at radius 3 is 2.52 bits per heavy atom. The van der Waals surface area contributed by atoms with Crippen molar-refractivity contribution in [2.75, 3.05) is 6.79 Å². The van der Waals surface area contributed by atoms with Gasteiger partial charge in [0.15, 0.2) is 11.5 Å². The summed E-state index contributed by atoms with van der Waals surface area (Å²) in [6, 6.07) is 21.8. The number of hydrogen-bond acceptors (Lipinski definition) is 4. The van der Waals surface area contributed by atoms with Gasteiger partial charge in [0.25, 0.3) is 0 Å². The fraction of sp³-hybridized carbons (Fsp3) is 0.182. The Morgan fingerprint density at radius 1 is 0.852 bits per heavy atom. The molecule has 0 unspecified atom stereocenters. The van der Waals surface area contributed by atoms with Crippen LogP contribution in [0.15, 0.2) is 66.7 Å². The highest BCUT2D eigenvalue weighted by Crippen LogP contribution is 2.32.